The predicted molar refractivity (Wildman–Crippen MR) is 71.4 cm³/mol. The molecule has 0 unspecified atom stereocenters. The fourth-order valence-corrected chi connectivity index (χ4v) is 2.46. The van der Waals surface area contributed by atoms with Crippen molar-refractivity contribution in [1.82, 2.24) is 5.32 Å². The number of amides is 1. The Morgan fingerprint density at radius 1 is 1.35 bits per heavy atom. The molecule has 17 heavy (non-hydrogen) atoms. The zero-order valence-corrected chi connectivity index (χ0v) is 10.5. The number of carbonyl (C=O) groups excluding carboxylic acids is 1. The highest BCUT2D eigenvalue weighted by Gasteiger charge is 2.11. The van der Waals surface area contributed by atoms with Gasteiger partial charge >= 0.3 is 0 Å². The average Bonchev–Trinajstić information content (AvgIpc) is 2.74. The van der Waals surface area contributed by atoms with Crippen molar-refractivity contribution in [2.24, 2.45) is 0 Å². The first-order valence-electron chi connectivity index (χ1n) is 5.03. The van der Waals surface area contributed by atoms with Crippen molar-refractivity contribution in [2.75, 3.05) is 5.73 Å². The number of para-hydroxylation sites is 1. The molecule has 5 heteroatoms. The molecular formula is C12H11ClN2OS. The molecule has 0 fully saturated rings. The third kappa shape index (κ3) is 2.78. The summed E-state index contributed by atoms with van der Waals surface area (Å²) in [6.45, 7) is 0.403. The second-order valence-corrected chi connectivity index (χ2v) is 4.80. The third-order valence-corrected chi connectivity index (χ3v) is 3.66. The van der Waals surface area contributed by atoms with Gasteiger partial charge in [0.2, 0.25) is 0 Å². The van der Waals surface area contributed by atoms with E-state index in [1.165, 1.54) is 11.3 Å². The Balaban J connectivity index is 2.02. The number of nitrogens with one attached hydrogen (secondary N) is 1. The van der Waals surface area contributed by atoms with Crippen LogP contribution in [0.3, 0.4) is 0 Å². The molecule has 0 saturated heterocycles. The minimum absolute atomic E-state index is 0.173. The Morgan fingerprint density at radius 3 is 2.76 bits per heavy atom. The Kier molecular flexibility index (Phi) is 3.66. The van der Waals surface area contributed by atoms with Gasteiger partial charge in [0.15, 0.2) is 0 Å². The summed E-state index contributed by atoms with van der Waals surface area (Å²) in [4.78, 5) is 12.3. The van der Waals surface area contributed by atoms with Crippen LogP contribution in [-0.4, -0.2) is 5.91 Å². The molecule has 0 aliphatic heterocycles. The van der Waals surface area contributed by atoms with Crippen LogP contribution >= 0.6 is 22.9 Å². The highest BCUT2D eigenvalue weighted by Crippen LogP contribution is 2.21. The number of thiophene rings is 1. The fraction of sp³-hybridized carbons (Fsp3) is 0.0833. The van der Waals surface area contributed by atoms with E-state index in [4.69, 9.17) is 17.3 Å². The van der Waals surface area contributed by atoms with E-state index in [0.717, 1.165) is 5.56 Å². The summed E-state index contributed by atoms with van der Waals surface area (Å²) in [6, 6.07) is 9.13. The quantitative estimate of drug-likeness (QED) is 0.840. The first-order valence-corrected chi connectivity index (χ1v) is 6.29. The van der Waals surface area contributed by atoms with E-state index in [9.17, 15) is 4.79 Å². The second-order valence-electron chi connectivity index (χ2n) is 3.48. The molecule has 0 aliphatic rings. The molecule has 1 amide bonds. The normalized spacial score (nSPS) is 10.2. The van der Waals surface area contributed by atoms with Gasteiger partial charge in [-0.3, -0.25) is 4.79 Å². The molecule has 1 aromatic carbocycles. The van der Waals surface area contributed by atoms with Crippen molar-refractivity contribution in [3.8, 4) is 0 Å². The van der Waals surface area contributed by atoms with Gasteiger partial charge in [-0.2, -0.15) is 0 Å². The maximum absolute atomic E-state index is 11.8. The lowest BCUT2D eigenvalue weighted by atomic mass is 10.2. The number of anilines is 1. The maximum Gasteiger partial charge on any atom is 0.263 e. The van der Waals surface area contributed by atoms with E-state index < -0.39 is 0 Å². The molecule has 88 valence electrons. The van der Waals surface area contributed by atoms with Crippen LogP contribution in [0.5, 0.6) is 0 Å². The van der Waals surface area contributed by atoms with Gasteiger partial charge in [-0.25, -0.2) is 0 Å². The number of halogens is 1. The molecule has 1 heterocycles. The zero-order chi connectivity index (χ0) is 12.3. The molecule has 0 spiro atoms. The Bertz CT molecular complexity index is 539. The minimum atomic E-state index is -0.173. The van der Waals surface area contributed by atoms with E-state index in [0.29, 0.717) is 22.1 Å². The standard InChI is InChI=1S/C12H11ClN2OS/c13-9-5-6-17-11(9)12(16)15-7-8-3-1-2-4-10(8)14/h1-6H,7,14H2,(H,15,16). The molecule has 3 nitrogen and oxygen atoms in total. The van der Waals surface area contributed by atoms with Gasteiger partial charge in [-0.15, -0.1) is 11.3 Å². The summed E-state index contributed by atoms with van der Waals surface area (Å²) in [5.41, 5.74) is 7.35. The molecule has 1 aromatic heterocycles. The van der Waals surface area contributed by atoms with E-state index in [2.05, 4.69) is 5.32 Å². The van der Waals surface area contributed by atoms with Crippen molar-refractivity contribution in [1.29, 1.82) is 0 Å². The summed E-state index contributed by atoms with van der Waals surface area (Å²) >= 11 is 7.19. The van der Waals surface area contributed by atoms with E-state index in [1.54, 1.807) is 17.5 Å². The number of rotatable bonds is 3. The molecule has 0 aliphatic carbocycles. The number of nitrogens with two attached hydrogens (primary N) is 1. The Labute approximate surface area is 108 Å². The molecule has 3 N–H and O–H groups in total. The molecule has 0 bridgehead atoms. The summed E-state index contributed by atoms with van der Waals surface area (Å²) < 4.78 is 0. The number of hydrogen-bond acceptors (Lipinski definition) is 3. The van der Waals surface area contributed by atoms with Gasteiger partial charge in [0.1, 0.15) is 4.88 Å². The highest BCUT2D eigenvalue weighted by molar-refractivity contribution is 7.12. The molecule has 0 radical (unpaired) electrons. The van der Waals surface area contributed by atoms with E-state index in [-0.39, 0.29) is 5.91 Å². The monoisotopic (exact) mass is 266 g/mol. The van der Waals surface area contributed by atoms with Gasteiger partial charge in [-0.05, 0) is 23.1 Å². The summed E-state index contributed by atoms with van der Waals surface area (Å²) in [7, 11) is 0. The lowest BCUT2D eigenvalue weighted by Crippen LogP contribution is -2.22. The van der Waals surface area contributed by atoms with E-state index >= 15 is 0 Å². The van der Waals surface area contributed by atoms with Crippen molar-refractivity contribution in [3.05, 3.63) is 51.2 Å². The smallest absolute Gasteiger partial charge is 0.263 e. The van der Waals surface area contributed by atoms with E-state index in [1.807, 2.05) is 18.2 Å². The van der Waals surface area contributed by atoms with Crippen molar-refractivity contribution in [3.63, 3.8) is 0 Å². The van der Waals surface area contributed by atoms with Crippen molar-refractivity contribution in [2.45, 2.75) is 6.54 Å². The van der Waals surface area contributed by atoms with Crippen LogP contribution in [-0.2, 0) is 6.54 Å². The van der Waals surface area contributed by atoms with Crippen molar-refractivity contribution >= 4 is 34.5 Å². The van der Waals surface area contributed by atoms with Gasteiger partial charge in [0.25, 0.3) is 5.91 Å². The Morgan fingerprint density at radius 2 is 2.12 bits per heavy atom. The van der Waals surface area contributed by atoms with Crippen LogP contribution in [0.25, 0.3) is 0 Å². The molecule has 2 aromatic rings. The lowest BCUT2D eigenvalue weighted by Gasteiger charge is -2.06. The molecule has 2 rings (SSSR count). The summed E-state index contributed by atoms with van der Waals surface area (Å²) in [5.74, 6) is -0.173. The van der Waals surface area contributed by atoms with Gasteiger partial charge in [0.05, 0.1) is 5.02 Å². The fourth-order valence-electron chi connectivity index (χ4n) is 1.41. The van der Waals surface area contributed by atoms with Crippen LogP contribution in [0.2, 0.25) is 5.02 Å². The van der Waals surface area contributed by atoms with Crippen LogP contribution in [0.4, 0.5) is 5.69 Å². The predicted octanol–water partition coefficient (Wildman–Crippen LogP) is 2.91. The zero-order valence-electron chi connectivity index (χ0n) is 8.94. The average molecular weight is 267 g/mol. The van der Waals surface area contributed by atoms with Crippen LogP contribution in [0.1, 0.15) is 15.2 Å². The molecule has 0 saturated carbocycles. The van der Waals surface area contributed by atoms with Gasteiger partial charge in [0, 0.05) is 12.2 Å². The lowest BCUT2D eigenvalue weighted by molar-refractivity contribution is 0.0955. The van der Waals surface area contributed by atoms with Crippen LogP contribution in [0, 0.1) is 0 Å². The Hall–Kier alpha value is -1.52. The van der Waals surface area contributed by atoms with Gasteiger partial charge in [-0.1, -0.05) is 29.8 Å². The molecular weight excluding hydrogens is 256 g/mol. The van der Waals surface area contributed by atoms with Crippen molar-refractivity contribution < 1.29 is 4.79 Å². The number of benzene rings is 1. The number of nitrogen functional groups attached to an aromatic ring is 1. The topological polar surface area (TPSA) is 55.1 Å². The summed E-state index contributed by atoms with van der Waals surface area (Å²) in [5, 5.41) is 5.06. The van der Waals surface area contributed by atoms with Crippen LogP contribution < -0.4 is 11.1 Å². The highest BCUT2D eigenvalue weighted by atomic mass is 35.5. The largest absolute Gasteiger partial charge is 0.398 e. The van der Waals surface area contributed by atoms with Crippen LogP contribution in [0.15, 0.2) is 35.7 Å². The SMILES string of the molecule is Nc1ccccc1CNC(=O)c1sccc1Cl. The first-order chi connectivity index (χ1) is 8.18. The van der Waals surface area contributed by atoms with Gasteiger partial charge < -0.3 is 11.1 Å². The first kappa shape index (κ1) is 12.0. The second kappa shape index (κ2) is 5.21. The number of hydrogen-bond donors (Lipinski definition) is 2. The third-order valence-electron chi connectivity index (χ3n) is 2.32. The summed E-state index contributed by atoms with van der Waals surface area (Å²) in [6.07, 6.45) is 0. The number of carbonyl (C=O) groups is 1. The molecule has 0 atom stereocenters. The maximum atomic E-state index is 11.8. The minimum Gasteiger partial charge on any atom is -0.398 e.